The van der Waals surface area contributed by atoms with Gasteiger partial charge in [0.1, 0.15) is 11.4 Å². The minimum absolute atomic E-state index is 0.0930. The highest BCUT2D eigenvalue weighted by molar-refractivity contribution is 5.91. The molecule has 0 aromatic heterocycles. The van der Waals surface area contributed by atoms with E-state index in [-0.39, 0.29) is 18.5 Å². The van der Waals surface area contributed by atoms with E-state index in [0.29, 0.717) is 32.0 Å². The van der Waals surface area contributed by atoms with E-state index in [0.717, 1.165) is 0 Å². The first-order valence-corrected chi connectivity index (χ1v) is 6.83. The van der Waals surface area contributed by atoms with Crippen molar-refractivity contribution in [3.63, 3.8) is 0 Å². The van der Waals surface area contributed by atoms with E-state index < -0.39 is 5.60 Å². The number of nitrogens with one attached hydrogen (secondary N) is 2. The Labute approximate surface area is 119 Å². The van der Waals surface area contributed by atoms with Gasteiger partial charge in [-0.3, -0.25) is 14.7 Å². The maximum atomic E-state index is 11.9. The van der Waals surface area contributed by atoms with E-state index in [1.807, 2.05) is 27.7 Å². The van der Waals surface area contributed by atoms with Crippen molar-refractivity contribution in [3.05, 3.63) is 0 Å². The third-order valence-corrected chi connectivity index (χ3v) is 2.49. The van der Waals surface area contributed by atoms with Gasteiger partial charge in [-0.05, 0) is 27.7 Å². The summed E-state index contributed by atoms with van der Waals surface area (Å²) in [5.74, 6) is 0.540. The number of amidine groups is 1. The molecule has 0 aromatic rings. The first-order valence-electron chi connectivity index (χ1n) is 6.83. The lowest BCUT2D eigenvalue weighted by atomic mass is 10.2. The summed E-state index contributed by atoms with van der Waals surface area (Å²) >= 11 is 0. The van der Waals surface area contributed by atoms with Crippen molar-refractivity contribution in [1.29, 1.82) is 0 Å². The van der Waals surface area contributed by atoms with Gasteiger partial charge in [-0.25, -0.2) is 4.79 Å². The minimum atomic E-state index is -0.514. The van der Waals surface area contributed by atoms with Gasteiger partial charge in [0.05, 0.1) is 19.6 Å². The van der Waals surface area contributed by atoms with Gasteiger partial charge >= 0.3 is 6.09 Å². The molecule has 0 aromatic carbocycles. The Hall–Kier alpha value is -1.79. The van der Waals surface area contributed by atoms with E-state index in [9.17, 15) is 9.59 Å². The van der Waals surface area contributed by atoms with Gasteiger partial charge in [-0.2, -0.15) is 0 Å². The Morgan fingerprint density at radius 3 is 2.70 bits per heavy atom. The number of amides is 2. The van der Waals surface area contributed by atoms with Gasteiger partial charge in [-0.1, -0.05) is 0 Å². The van der Waals surface area contributed by atoms with Crippen LogP contribution in [0.4, 0.5) is 4.79 Å². The summed E-state index contributed by atoms with van der Waals surface area (Å²) in [4.78, 5) is 29.1. The van der Waals surface area contributed by atoms with Gasteiger partial charge in [0.25, 0.3) is 0 Å². The molecule has 1 heterocycles. The van der Waals surface area contributed by atoms with Crippen molar-refractivity contribution >= 4 is 17.8 Å². The van der Waals surface area contributed by atoms with Gasteiger partial charge in [-0.15, -0.1) is 0 Å². The Kier molecular flexibility index (Phi) is 5.79. The molecule has 1 rings (SSSR count). The normalized spacial score (nSPS) is 15.4. The first kappa shape index (κ1) is 16.3. The average molecular weight is 284 g/mol. The SMILES string of the molecule is CCNC(=O)CNC1=NCCN(C(=O)OC(C)(C)C)C1. The lowest BCUT2D eigenvalue weighted by Crippen LogP contribution is -2.48. The van der Waals surface area contributed by atoms with Crippen LogP contribution in [0.5, 0.6) is 0 Å². The molecule has 0 atom stereocenters. The first-order chi connectivity index (χ1) is 9.31. The van der Waals surface area contributed by atoms with Gasteiger partial charge in [0.2, 0.25) is 5.91 Å². The van der Waals surface area contributed by atoms with Gasteiger partial charge < -0.3 is 15.4 Å². The molecule has 0 saturated heterocycles. The summed E-state index contributed by atoms with van der Waals surface area (Å²) in [6, 6.07) is 0. The number of carbonyl (C=O) groups excluding carboxylic acids is 2. The summed E-state index contributed by atoms with van der Waals surface area (Å²) in [7, 11) is 0. The summed E-state index contributed by atoms with van der Waals surface area (Å²) in [5.41, 5.74) is -0.514. The molecular formula is C13H24N4O3. The molecule has 0 spiro atoms. The van der Waals surface area contributed by atoms with Crippen molar-refractivity contribution < 1.29 is 14.3 Å². The zero-order valence-electron chi connectivity index (χ0n) is 12.7. The largest absolute Gasteiger partial charge is 0.444 e. The van der Waals surface area contributed by atoms with E-state index >= 15 is 0 Å². The molecule has 7 heteroatoms. The fourth-order valence-corrected chi connectivity index (χ4v) is 1.65. The van der Waals surface area contributed by atoms with Crippen molar-refractivity contribution in [1.82, 2.24) is 15.5 Å². The van der Waals surface area contributed by atoms with Crippen LogP contribution in [-0.2, 0) is 9.53 Å². The minimum Gasteiger partial charge on any atom is -0.444 e. The number of nitrogens with zero attached hydrogens (tertiary/aromatic N) is 2. The monoisotopic (exact) mass is 284 g/mol. The number of ether oxygens (including phenoxy) is 1. The topological polar surface area (TPSA) is 83.0 Å². The van der Waals surface area contributed by atoms with Crippen LogP contribution < -0.4 is 10.6 Å². The molecule has 0 unspecified atom stereocenters. The highest BCUT2D eigenvalue weighted by Gasteiger charge is 2.24. The Balaban J connectivity index is 2.44. The summed E-state index contributed by atoms with van der Waals surface area (Å²) < 4.78 is 5.31. The molecule has 0 bridgehead atoms. The van der Waals surface area contributed by atoms with Crippen LogP contribution in [0.1, 0.15) is 27.7 Å². The van der Waals surface area contributed by atoms with Gasteiger partial charge in [0.15, 0.2) is 0 Å². The van der Waals surface area contributed by atoms with E-state index in [1.54, 1.807) is 4.90 Å². The second-order valence-corrected chi connectivity index (χ2v) is 5.54. The molecule has 20 heavy (non-hydrogen) atoms. The molecule has 1 aliphatic heterocycles. The number of carbonyl (C=O) groups is 2. The molecule has 0 radical (unpaired) electrons. The number of likely N-dealkylation sites (N-methyl/N-ethyl adjacent to an activating group) is 1. The molecule has 0 fully saturated rings. The third-order valence-electron chi connectivity index (χ3n) is 2.49. The lowest BCUT2D eigenvalue weighted by Gasteiger charge is -2.29. The van der Waals surface area contributed by atoms with E-state index in [1.165, 1.54) is 0 Å². The zero-order valence-corrected chi connectivity index (χ0v) is 12.7. The number of aliphatic imine (C=N–C) groups is 1. The van der Waals surface area contributed by atoms with Crippen LogP contribution >= 0.6 is 0 Å². The smallest absolute Gasteiger partial charge is 0.410 e. The Bertz CT molecular complexity index is 388. The molecule has 2 amide bonds. The molecule has 2 N–H and O–H groups in total. The van der Waals surface area contributed by atoms with Crippen LogP contribution in [0, 0.1) is 0 Å². The summed E-state index contributed by atoms with van der Waals surface area (Å²) in [6.07, 6.45) is -0.357. The molecular weight excluding hydrogens is 260 g/mol. The standard InChI is InChI=1S/C13H24N4O3/c1-5-14-11(18)8-16-10-9-17(7-6-15-10)12(19)20-13(2,3)4/h5-9H2,1-4H3,(H,14,18)(H,15,16). The molecule has 1 aliphatic rings. The highest BCUT2D eigenvalue weighted by Crippen LogP contribution is 2.10. The van der Waals surface area contributed by atoms with Crippen LogP contribution in [0.25, 0.3) is 0 Å². The number of rotatable bonds is 3. The lowest BCUT2D eigenvalue weighted by molar-refractivity contribution is -0.119. The Morgan fingerprint density at radius 1 is 1.40 bits per heavy atom. The van der Waals surface area contributed by atoms with Crippen LogP contribution in [0.3, 0.4) is 0 Å². The van der Waals surface area contributed by atoms with E-state index in [4.69, 9.17) is 4.74 Å². The van der Waals surface area contributed by atoms with Crippen molar-refractivity contribution in [2.24, 2.45) is 4.99 Å². The predicted molar refractivity (Wildman–Crippen MR) is 76.8 cm³/mol. The maximum Gasteiger partial charge on any atom is 0.410 e. The average Bonchev–Trinajstić information content (AvgIpc) is 2.35. The van der Waals surface area contributed by atoms with Crippen LogP contribution in [0.15, 0.2) is 4.99 Å². The van der Waals surface area contributed by atoms with Crippen LogP contribution in [-0.4, -0.2) is 61.1 Å². The molecule has 0 saturated carbocycles. The zero-order chi connectivity index (χ0) is 15.2. The van der Waals surface area contributed by atoms with E-state index in [2.05, 4.69) is 15.6 Å². The van der Waals surface area contributed by atoms with Crippen molar-refractivity contribution in [2.45, 2.75) is 33.3 Å². The summed E-state index contributed by atoms with van der Waals surface area (Å²) in [5, 5.41) is 5.63. The van der Waals surface area contributed by atoms with Gasteiger partial charge in [0, 0.05) is 13.1 Å². The van der Waals surface area contributed by atoms with Crippen molar-refractivity contribution in [2.75, 3.05) is 32.7 Å². The second kappa shape index (κ2) is 7.12. The quantitative estimate of drug-likeness (QED) is 0.784. The Morgan fingerprint density at radius 2 is 2.10 bits per heavy atom. The maximum absolute atomic E-state index is 11.9. The number of hydrogen-bond donors (Lipinski definition) is 2. The predicted octanol–water partition coefficient (Wildman–Crippen LogP) is 0.361. The molecule has 114 valence electrons. The number of hydrogen-bond acceptors (Lipinski definition) is 5. The third kappa shape index (κ3) is 5.90. The highest BCUT2D eigenvalue weighted by atomic mass is 16.6. The fraction of sp³-hybridized carbons (Fsp3) is 0.769. The molecule has 0 aliphatic carbocycles. The fourth-order valence-electron chi connectivity index (χ4n) is 1.65. The molecule has 7 nitrogen and oxygen atoms in total. The van der Waals surface area contributed by atoms with Crippen LogP contribution in [0.2, 0.25) is 0 Å². The second-order valence-electron chi connectivity index (χ2n) is 5.54. The van der Waals surface area contributed by atoms with Crippen molar-refractivity contribution in [3.8, 4) is 0 Å². The summed E-state index contributed by atoms with van der Waals surface area (Å²) in [6.45, 7) is 9.49.